The number of benzene rings is 3. The summed E-state index contributed by atoms with van der Waals surface area (Å²) in [7, 11) is 1.54. The van der Waals surface area contributed by atoms with Crippen LogP contribution in [0.5, 0.6) is 11.5 Å². The second-order valence-corrected chi connectivity index (χ2v) is 8.61. The van der Waals surface area contributed by atoms with E-state index in [1.807, 2.05) is 0 Å². The molecule has 5 rings (SSSR count). The molecule has 1 amide bonds. The Labute approximate surface area is 197 Å². The van der Waals surface area contributed by atoms with Crippen molar-refractivity contribution >= 4 is 44.1 Å². The number of methoxy groups -OCH3 is 1. The number of hydrogen-bond donors (Lipinski definition) is 2. The average molecular weight is 476 g/mol. The van der Waals surface area contributed by atoms with Gasteiger partial charge in [-0.1, -0.05) is 23.5 Å². The normalized spacial score (nSPS) is 17.5. The molecule has 1 saturated heterocycles. The Morgan fingerprint density at radius 1 is 1.06 bits per heavy atom. The van der Waals surface area contributed by atoms with Crippen LogP contribution < -0.4 is 9.64 Å². The number of rotatable bonds is 4. The number of ether oxygens (including phenoxy) is 1. The van der Waals surface area contributed by atoms with Gasteiger partial charge >= 0.3 is 5.91 Å². The first-order valence-electron chi connectivity index (χ1n) is 10.2. The Kier molecular flexibility index (Phi) is 5.25. The van der Waals surface area contributed by atoms with Gasteiger partial charge in [-0.2, -0.15) is 0 Å². The lowest BCUT2D eigenvalue weighted by Gasteiger charge is -2.23. The number of anilines is 1. The molecule has 7 nitrogen and oxygen atoms in total. The lowest BCUT2D eigenvalue weighted by Crippen LogP contribution is -2.29. The van der Waals surface area contributed by atoms with Crippen molar-refractivity contribution in [3.05, 3.63) is 89.2 Å². The zero-order valence-corrected chi connectivity index (χ0v) is 18.5. The number of phenols is 1. The average Bonchev–Trinajstić information content (AvgIpc) is 3.37. The number of carbonyl (C=O) groups excluding carboxylic acids is 2. The summed E-state index contributed by atoms with van der Waals surface area (Å²) in [5, 5.41) is 21.0. The molecule has 1 fully saturated rings. The quantitative estimate of drug-likeness (QED) is 0.250. The van der Waals surface area contributed by atoms with Crippen LogP contribution in [0.2, 0.25) is 0 Å². The minimum Gasteiger partial charge on any atom is -0.508 e. The fourth-order valence-electron chi connectivity index (χ4n) is 3.89. The van der Waals surface area contributed by atoms with Gasteiger partial charge in [-0.25, -0.2) is 9.37 Å². The van der Waals surface area contributed by atoms with Crippen molar-refractivity contribution in [3.63, 3.8) is 0 Å². The van der Waals surface area contributed by atoms with Crippen molar-refractivity contribution in [2.45, 2.75) is 6.04 Å². The monoisotopic (exact) mass is 476 g/mol. The maximum absolute atomic E-state index is 13.4. The molecule has 3 aromatic carbocycles. The third-order valence-electron chi connectivity index (χ3n) is 5.56. The van der Waals surface area contributed by atoms with Crippen molar-refractivity contribution < 1.29 is 28.9 Å². The van der Waals surface area contributed by atoms with Gasteiger partial charge in [0.15, 0.2) is 5.13 Å². The van der Waals surface area contributed by atoms with E-state index in [1.54, 1.807) is 37.4 Å². The van der Waals surface area contributed by atoms with Gasteiger partial charge in [0.25, 0.3) is 5.78 Å². The summed E-state index contributed by atoms with van der Waals surface area (Å²) in [5.74, 6) is -2.05. The highest BCUT2D eigenvalue weighted by molar-refractivity contribution is 7.22. The lowest BCUT2D eigenvalue weighted by atomic mass is 9.95. The third kappa shape index (κ3) is 3.56. The molecule has 2 N–H and O–H groups in total. The van der Waals surface area contributed by atoms with Gasteiger partial charge in [0, 0.05) is 5.56 Å². The van der Waals surface area contributed by atoms with E-state index >= 15 is 0 Å². The topological polar surface area (TPSA) is 100.0 Å². The Hall–Kier alpha value is -4.24. The smallest absolute Gasteiger partial charge is 0.301 e. The number of phenolic OH excluding ortho intramolecular Hbond substituents is 1. The second-order valence-electron chi connectivity index (χ2n) is 7.60. The summed E-state index contributed by atoms with van der Waals surface area (Å²) < 4.78 is 19.4. The van der Waals surface area contributed by atoms with E-state index in [0.717, 1.165) is 16.8 Å². The molecule has 4 aromatic rings. The SMILES string of the molecule is COc1ccc2nc(N3C(=O)C(=O)C(=C(O)c4ccc(F)cc4)C3c3ccc(O)cc3)sc2c1. The summed E-state index contributed by atoms with van der Waals surface area (Å²) in [4.78, 5) is 32.2. The van der Waals surface area contributed by atoms with Crippen LogP contribution >= 0.6 is 11.3 Å². The standard InChI is InChI=1S/C25H17FN2O5S/c1-33-17-10-11-18-19(12-17)34-25(27-18)28-21(13-4-8-16(29)9-5-13)20(23(31)24(28)32)22(30)14-2-6-15(26)7-3-14/h2-12,21,29-30H,1H3. The van der Waals surface area contributed by atoms with Crippen LogP contribution in [0.1, 0.15) is 17.2 Å². The summed E-state index contributed by atoms with van der Waals surface area (Å²) in [5.41, 5.74) is 1.14. The van der Waals surface area contributed by atoms with E-state index in [0.29, 0.717) is 16.8 Å². The van der Waals surface area contributed by atoms with Gasteiger partial charge in [0.2, 0.25) is 0 Å². The molecule has 0 aliphatic carbocycles. The van der Waals surface area contributed by atoms with Crippen molar-refractivity contribution in [1.29, 1.82) is 0 Å². The Morgan fingerprint density at radius 3 is 2.44 bits per heavy atom. The summed E-state index contributed by atoms with van der Waals surface area (Å²) in [6.45, 7) is 0. The van der Waals surface area contributed by atoms with E-state index in [2.05, 4.69) is 4.98 Å². The zero-order chi connectivity index (χ0) is 24.0. The molecule has 1 aliphatic rings. The molecule has 0 bridgehead atoms. The number of nitrogens with zero attached hydrogens (tertiary/aromatic N) is 2. The fourth-order valence-corrected chi connectivity index (χ4v) is 4.91. The number of aromatic nitrogens is 1. The molecular weight excluding hydrogens is 459 g/mol. The number of aromatic hydroxyl groups is 1. The van der Waals surface area contributed by atoms with E-state index in [1.165, 1.54) is 40.5 Å². The van der Waals surface area contributed by atoms with E-state index in [9.17, 15) is 24.2 Å². The zero-order valence-electron chi connectivity index (χ0n) is 17.7. The summed E-state index contributed by atoms with van der Waals surface area (Å²) >= 11 is 1.20. The Morgan fingerprint density at radius 2 is 1.76 bits per heavy atom. The molecule has 9 heteroatoms. The van der Waals surface area contributed by atoms with E-state index < -0.39 is 29.3 Å². The third-order valence-corrected chi connectivity index (χ3v) is 6.58. The van der Waals surface area contributed by atoms with Crippen LogP contribution in [0.4, 0.5) is 9.52 Å². The number of fused-ring (bicyclic) bond motifs is 1. The predicted molar refractivity (Wildman–Crippen MR) is 125 cm³/mol. The molecule has 34 heavy (non-hydrogen) atoms. The largest absolute Gasteiger partial charge is 0.508 e. The van der Waals surface area contributed by atoms with Crippen LogP contribution in [-0.2, 0) is 9.59 Å². The highest BCUT2D eigenvalue weighted by Gasteiger charge is 2.48. The fraction of sp³-hybridized carbons (Fsp3) is 0.0800. The first-order chi connectivity index (χ1) is 16.4. The molecule has 0 saturated carbocycles. The first-order valence-corrected chi connectivity index (χ1v) is 11.0. The Bertz CT molecular complexity index is 1460. The minimum atomic E-state index is -1.01. The first kappa shape index (κ1) is 21.6. The maximum atomic E-state index is 13.4. The molecule has 1 atom stereocenters. The number of halogens is 1. The van der Waals surface area contributed by atoms with Crippen molar-refractivity contribution in [1.82, 2.24) is 4.98 Å². The van der Waals surface area contributed by atoms with Crippen LogP contribution in [-0.4, -0.2) is 34.0 Å². The molecule has 0 spiro atoms. The molecule has 2 heterocycles. The number of aliphatic hydroxyl groups is 1. The number of aliphatic hydroxyl groups excluding tert-OH is 1. The van der Waals surface area contributed by atoms with E-state index in [4.69, 9.17) is 4.74 Å². The van der Waals surface area contributed by atoms with Gasteiger partial charge in [0.05, 0.1) is 28.9 Å². The summed E-state index contributed by atoms with van der Waals surface area (Å²) in [6.07, 6.45) is 0. The molecule has 170 valence electrons. The summed E-state index contributed by atoms with van der Waals surface area (Å²) in [6, 6.07) is 15.2. The van der Waals surface area contributed by atoms with Gasteiger partial charge in [-0.3, -0.25) is 14.5 Å². The van der Waals surface area contributed by atoms with Gasteiger partial charge < -0.3 is 14.9 Å². The highest BCUT2D eigenvalue weighted by atomic mass is 32.1. The van der Waals surface area contributed by atoms with Crippen LogP contribution in [0, 0.1) is 5.82 Å². The van der Waals surface area contributed by atoms with Crippen molar-refractivity contribution in [2.24, 2.45) is 0 Å². The van der Waals surface area contributed by atoms with Gasteiger partial charge in [0.1, 0.15) is 23.1 Å². The van der Waals surface area contributed by atoms with Crippen LogP contribution in [0.3, 0.4) is 0 Å². The van der Waals surface area contributed by atoms with Crippen LogP contribution in [0.25, 0.3) is 16.0 Å². The predicted octanol–water partition coefficient (Wildman–Crippen LogP) is 4.78. The molecule has 1 unspecified atom stereocenters. The van der Waals surface area contributed by atoms with Gasteiger partial charge in [-0.15, -0.1) is 0 Å². The number of thiazole rings is 1. The van der Waals surface area contributed by atoms with Crippen molar-refractivity contribution in [3.8, 4) is 11.5 Å². The van der Waals surface area contributed by atoms with Crippen LogP contribution in [0.15, 0.2) is 72.3 Å². The minimum absolute atomic E-state index is 0.00585. The molecule has 1 aliphatic heterocycles. The number of ketones is 1. The number of carbonyl (C=O) groups is 2. The molecule has 1 aromatic heterocycles. The lowest BCUT2D eigenvalue weighted by molar-refractivity contribution is -0.132. The molecular formula is C25H17FN2O5S. The molecule has 0 radical (unpaired) electrons. The number of amides is 1. The maximum Gasteiger partial charge on any atom is 0.301 e. The van der Waals surface area contributed by atoms with Crippen molar-refractivity contribution in [2.75, 3.05) is 12.0 Å². The van der Waals surface area contributed by atoms with E-state index in [-0.39, 0.29) is 22.0 Å². The number of hydrogen-bond acceptors (Lipinski definition) is 7. The second kappa shape index (κ2) is 8.27. The van der Waals surface area contributed by atoms with Gasteiger partial charge in [-0.05, 0) is 60.2 Å². The Balaban J connectivity index is 1.71. The number of Topliss-reactive ketones (excluding diaryl/α,β-unsaturated/α-hetero) is 1. The highest BCUT2D eigenvalue weighted by Crippen LogP contribution is 2.44.